The highest BCUT2D eigenvalue weighted by atomic mass is 14.4. The maximum atomic E-state index is 2.52. The number of hydrogen-bond acceptors (Lipinski definition) is 0. The Kier molecular flexibility index (Phi) is 6.98. The van der Waals surface area contributed by atoms with Crippen LogP contribution in [0.1, 0.15) is 136 Å². The lowest BCUT2D eigenvalue weighted by molar-refractivity contribution is 0.518. The molecule has 0 aromatic heterocycles. The van der Waals surface area contributed by atoms with E-state index in [1.807, 2.05) is 0 Å². The Balaban J connectivity index is 2.92. The van der Waals surface area contributed by atoms with Crippen LogP contribution in [0.5, 0.6) is 0 Å². The molecule has 0 aliphatic rings. The molecule has 2 aromatic carbocycles. The van der Waals surface area contributed by atoms with Gasteiger partial charge in [0, 0.05) is 5.92 Å². The van der Waals surface area contributed by atoms with E-state index in [9.17, 15) is 0 Å². The van der Waals surface area contributed by atoms with Crippen molar-refractivity contribution in [2.24, 2.45) is 0 Å². The van der Waals surface area contributed by atoms with Crippen molar-refractivity contribution in [2.45, 2.75) is 124 Å². The second-order valence-corrected chi connectivity index (χ2v) is 13.5. The molecule has 1 unspecified atom stereocenters. The third kappa shape index (κ3) is 5.63. The van der Waals surface area contributed by atoms with Crippen LogP contribution in [-0.4, -0.2) is 0 Å². The minimum atomic E-state index is 0.0934. The Labute approximate surface area is 193 Å². The zero-order valence-corrected chi connectivity index (χ0v) is 22.7. The fourth-order valence-corrected chi connectivity index (χ4v) is 4.93. The van der Waals surface area contributed by atoms with Crippen molar-refractivity contribution in [1.29, 1.82) is 0 Å². The zero-order valence-electron chi connectivity index (χ0n) is 22.7. The summed E-state index contributed by atoms with van der Waals surface area (Å²) in [6.45, 7) is 30.6. The smallest absolute Gasteiger partial charge is 0.00928 e. The second kappa shape index (κ2) is 8.42. The Morgan fingerprint density at radius 2 is 1.13 bits per heavy atom. The summed E-state index contributed by atoms with van der Waals surface area (Å²) in [7, 11) is 0. The predicted molar refractivity (Wildman–Crippen MR) is 140 cm³/mol. The summed E-state index contributed by atoms with van der Waals surface area (Å²) in [5, 5.41) is 0. The summed E-state index contributed by atoms with van der Waals surface area (Å²) >= 11 is 0. The maximum absolute atomic E-state index is 2.52. The van der Waals surface area contributed by atoms with E-state index in [0.29, 0.717) is 5.92 Å². The van der Waals surface area contributed by atoms with Crippen molar-refractivity contribution in [3.63, 3.8) is 0 Å². The van der Waals surface area contributed by atoms with Crippen LogP contribution in [0.2, 0.25) is 0 Å². The van der Waals surface area contributed by atoms with Crippen LogP contribution in [-0.2, 0) is 21.7 Å². The number of hydrogen-bond donors (Lipinski definition) is 0. The summed E-state index contributed by atoms with van der Waals surface area (Å²) in [6.07, 6.45) is 1.10. The highest BCUT2D eigenvalue weighted by molar-refractivity contribution is 5.51. The molecule has 0 nitrogen and oxygen atoms in total. The molecule has 1 atom stereocenters. The Morgan fingerprint density at radius 3 is 1.55 bits per heavy atom. The van der Waals surface area contributed by atoms with Gasteiger partial charge in [-0.2, -0.15) is 0 Å². The lowest BCUT2D eigenvalue weighted by Gasteiger charge is -2.36. The van der Waals surface area contributed by atoms with Gasteiger partial charge in [-0.3, -0.25) is 0 Å². The molecule has 0 amide bonds. The quantitative estimate of drug-likeness (QED) is 0.464. The highest BCUT2D eigenvalue weighted by Crippen LogP contribution is 2.44. The van der Waals surface area contributed by atoms with Gasteiger partial charge in [0.25, 0.3) is 0 Å². The monoisotopic (exact) mass is 420 g/mol. The van der Waals surface area contributed by atoms with Gasteiger partial charge in [-0.05, 0) is 61.5 Å². The average molecular weight is 421 g/mol. The average Bonchev–Trinajstić information content (AvgIpc) is 2.59. The normalized spacial score (nSPS) is 14.6. The molecule has 0 saturated heterocycles. The lowest BCUT2D eigenvalue weighted by Crippen LogP contribution is -2.26. The van der Waals surface area contributed by atoms with Crippen LogP contribution in [0.25, 0.3) is 0 Å². The molecule has 0 N–H and O–H groups in total. The molecule has 0 heteroatoms. The van der Waals surface area contributed by atoms with Crippen LogP contribution in [0, 0.1) is 0 Å². The van der Waals surface area contributed by atoms with Crippen molar-refractivity contribution >= 4 is 0 Å². The van der Waals surface area contributed by atoms with Gasteiger partial charge < -0.3 is 0 Å². The summed E-state index contributed by atoms with van der Waals surface area (Å²) in [5.41, 5.74) is 9.43. The van der Waals surface area contributed by atoms with Gasteiger partial charge in [0.2, 0.25) is 0 Å². The van der Waals surface area contributed by atoms with Crippen molar-refractivity contribution in [1.82, 2.24) is 0 Å². The number of rotatable bonds is 3. The Hall–Kier alpha value is -1.56. The first kappa shape index (κ1) is 25.7. The maximum Gasteiger partial charge on any atom is 0.00928 e. The molecule has 2 aromatic rings. The molecule has 0 bridgehead atoms. The van der Waals surface area contributed by atoms with Gasteiger partial charge in [-0.1, -0.05) is 126 Å². The zero-order chi connectivity index (χ0) is 24.0. The SMILES string of the molecule is CCC(c1cc(C(C)(C)C)ccc1C(C)(C)C)c1cccc(C(C)(C)C)c1C(C)(C)C. The summed E-state index contributed by atoms with van der Waals surface area (Å²) in [5.74, 6) is 0.396. The van der Waals surface area contributed by atoms with Gasteiger partial charge in [0.15, 0.2) is 0 Å². The van der Waals surface area contributed by atoms with Crippen LogP contribution >= 0.6 is 0 Å². The molecule has 0 radical (unpaired) electrons. The number of benzene rings is 2. The minimum absolute atomic E-state index is 0.0934. The molecule has 0 aliphatic carbocycles. The van der Waals surface area contributed by atoms with Gasteiger partial charge in [0.1, 0.15) is 0 Å². The van der Waals surface area contributed by atoms with E-state index < -0.39 is 0 Å². The van der Waals surface area contributed by atoms with Crippen molar-refractivity contribution < 1.29 is 0 Å². The van der Waals surface area contributed by atoms with Gasteiger partial charge >= 0.3 is 0 Å². The van der Waals surface area contributed by atoms with Crippen molar-refractivity contribution in [3.05, 3.63) is 69.8 Å². The Bertz CT molecular complexity index is 897. The molecule has 0 spiro atoms. The molecule has 0 fully saturated rings. The third-order valence-electron chi connectivity index (χ3n) is 6.54. The summed E-state index contributed by atoms with van der Waals surface area (Å²) in [4.78, 5) is 0. The lowest BCUT2D eigenvalue weighted by atomic mass is 9.68. The van der Waals surface area contributed by atoms with E-state index in [1.165, 1.54) is 33.4 Å². The molecule has 31 heavy (non-hydrogen) atoms. The molecule has 0 aliphatic heterocycles. The molecule has 172 valence electrons. The highest BCUT2D eigenvalue weighted by Gasteiger charge is 2.32. The van der Waals surface area contributed by atoms with Gasteiger partial charge in [0.05, 0.1) is 0 Å². The van der Waals surface area contributed by atoms with Gasteiger partial charge in [-0.25, -0.2) is 0 Å². The van der Waals surface area contributed by atoms with Crippen molar-refractivity contribution in [3.8, 4) is 0 Å². The van der Waals surface area contributed by atoms with Crippen LogP contribution in [0.4, 0.5) is 0 Å². The fourth-order valence-electron chi connectivity index (χ4n) is 4.93. The molecule has 2 rings (SSSR count). The topological polar surface area (TPSA) is 0 Å². The van der Waals surface area contributed by atoms with E-state index in [4.69, 9.17) is 0 Å². The molecule has 0 saturated carbocycles. The van der Waals surface area contributed by atoms with E-state index in [1.54, 1.807) is 0 Å². The van der Waals surface area contributed by atoms with Gasteiger partial charge in [-0.15, -0.1) is 0 Å². The first-order chi connectivity index (χ1) is 13.9. The van der Waals surface area contributed by atoms with Crippen LogP contribution in [0.3, 0.4) is 0 Å². The summed E-state index contributed by atoms with van der Waals surface area (Å²) < 4.78 is 0. The van der Waals surface area contributed by atoms with E-state index >= 15 is 0 Å². The molecular weight excluding hydrogens is 372 g/mol. The van der Waals surface area contributed by atoms with E-state index in [-0.39, 0.29) is 21.7 Å². The predicted octanol–water partition coefficient (Wildman–Crippen LogP) is 9.42. The van der Waals surface area contributed by atoms with Crippen LogP contribution in [0.15, 0.2) is 36.4 Å². The van der Waals surface area contributed by atoms with E-state index in [2.05, 4.69) is 126 Å². The first-order valence-electron chi connectivity index (χ1n) is 12.2. The largest absolute Gasteiger partial charge is 0.0645 e. The molecular formula is C31H48. The molecule has 0 heterocycles. The second-order valence-electron chi connectivity index (χ2n) is 13.5. The Morgan fingerprint density at radius 1 is 0.581 bits per heavy atom. The summed E-state index contributed by atoms with van der Waals surface area (Å²) in [6, 6.07) is 14.3. The fraction of sp³-hybridized carbons (Fsp3) is 0.613. The van der Waals surface area contributed by atoms with Crippen LogP contribution < -0.4 is 0 Å². The standard InChI is InChI=1S/C31H48/c1-14-22(23-16-15-17-26(30(8,9)10)27(23)31(11,12)13)24-20-21(28(2,3)4)18-19-25(24)29(5,6)7/h15-20,22H,14H2,1-13H3. The van der Waals surface area contributed by atoms with Crippen molar-refractivity contribution in [2.75, 3.05) is 0 Å². The van der Waals surface area contributed by atoms with E-state index in [0.717, 1.165) is 6.42 Å². The first-order valence-corrected chi connectivity index (χ1v) is 12.2. The third-order valence-corrected chi connectivity index (χ3v) is 6.54. The minimum Gasteiger partial charge on any atom is -0.0645 e.